The van der Waals surface area contributed by atoms with E-state index in [2.05, 4.69) is 30.5 Å². The van der Waals surface area contributed by atoms with Crippen molar-refractivity contribution in [3.8, 4) is 5.75 Å². The summed E-state index contributed by atoms with van der Waals surface area (Å²) in [6, 6.07) is 6.63. The molecule has 1 N–H and O–H groups in total. The number of ether oxygens (including phenoxy) is 1. The van der Waals surface area contributed by atoms with Gasteiger partial charge in [-0.3, -0.25) is 14.8 Å². The molecular formula is C17H13ClN6O2. The molecule has 0 fully saturated rings. The number of benzene rings is 1. The summed E-state index contributed by atoms with van der Waals surface area (Å²) in [6.45, 7) is 0. The van der Waals surface area contributed by atoms with Gasteiger partial charge in [-0.15, -0.1) is 10.2 Å². The van der Waals surface area contributed by atoms with Gasteiger partial charge >= 0.3 is 0 Å². The van der Waals surface area contributed by atoms with Crippen LogP contribution >= 0.6 is 11.6 Å². The van der Waals surface area contributed by atoms with Crippen LogP contribution in [0.5, 0.6) is 5.75 Å². The molecule has 0 atom stereocenters. The third kappa shape index (κ3) is 4.17. The quantitative estimate of drug-likeness (QED) is 0.680. The third-order valence-corrected chi connectivity index (χ3v) is 3.54. The maximum atomic E-state index is 12.1. The number of halogens is 1. The normalized spacial score (nSPS) is 10.7. The molecule has 0 saturated heterocycles. The number of hydrogen-bond acceptors (Lipinski definition) is 7. The molecule has 0 unspecified atom stereocenters. The Bertz CT molecular complexity index is 949. The fraction of sp³-hybridized carbons (Fsp3) is 0.0588. The number of carbonyl (C=O) groups is 1. The highest BCUT2D eigenvalue weighted by Crippen LogP contribution is 2.33. The minimum Gasteiger partial charge on any atom is -0.494 e. The molecule has 0 saturated carbocycles. The van der Waals surface area contributed by atoms with Crippen molar-refractivity contribution in [3.63, 3.8) is 0 Å². The van der Waals surface area contributed by atoms with E-state index in [-0.39, 0.29) is 11.6 Å². The van der Waals surface area contributed by atoms with Gasteiger partial charge in [0.05, 0.1) is 18.3 Å². The molecule has 8 nitrogen and oxygen atoms in total. The van der Waals surface area contributed by atoms with Crippen LogP contribution in [-0.4, -0.2) is 28.0 Å². The molecule has 2 heterocycles. The fourth-order valence-electron chi connectivity index (χ4n) is 2.01. The summed E-state index contributed by atoms with van der Waals surface area (Å²) in [7, 11) is 1.50. The first-order valence-corrected chi connectivity index (χ1v) is 7.82. The summed E-state index contributed by atoms with van der Waals surface area (Å²) in [5.41, 5.74) is 1.71. The van der Waals surface area contributed by atoms with Gasteiger partial charge in [0.15, 0.2) is 0 Å². The zero-order valence-corrected chi connectivity index (χ0v) is 14.4. The summed E-state index contributed by atoms with van der Waals surface area (Å²) in [5.74, 6) is 0.0639. The van der Waals surface area contributed by atoms with Gasteiger partial charge in [-0.25, -0.2) is 4.98 Å². The number of azo groups is 1. The molecule has 0 aliphatic heterocycles. The van der Waals surface area contributed by atoms with Crippen molar-refractivity contribution in [2.24, 2.45) is 10.2 Å². The maximum absolute atomic E-state index is 12.1. The van der Waals surface area contributed by atoms with Gasteiger partial charge in [0.2, 0.25) is 0 Å². The lowest BCUT2D eigenvalue weighted by Crippen LogP contribution is -2.13. The van der Waals surface area contributed by atoms with Crippen LogP contribution in [0.3, 0.4) is 0 Å². The number of pyridine rings is 1. The average Bonchev–Trinajstić information content (AvgIpc) is 2.68. The number of aromatic nitrogens is 3. The number of hydrogen-bond donors (Lipinski definition) is 1. The SMILES string of the molecule is COc1cc(NC(=O)c2cnccn2)ccc1/N=N\c1ccncc1Cl. The van der Waals surface area contributed by atoms with Crippen molar-refractivity contribution in [2.75, 3.05) is 12.4 Å². The number of nitrogens with zero attached hydrogens (tertiary/aromatic N) is 5. The number of carbonyl (C=O) groups excluding carboxylic acids is 1. The van der Waals surface area contributed by atoms with Crippen LogP contribution in [0.25, 0.3) is 0 Å². The topological polar surface area (TPSA) is 102 Å². The van der Waals surface area contributed by atoms with Crippen molar-refractivity contribution in [1.82, 2.24) is 15.0 Å². The fourth-order valence-corrected chi connectivity index (χ4v) is 2.16. The van der Waals surface area contributed by atoms with Crippen LogP contribution < -0.4 is 10.1 Å². The second-order valence-electron chi connectivity index (χ2n) is 4.96. The minimum absolute atomic E-state index is 0.211. The predicted octanol–water partition coefficient (Wildman–Crippen LogP) is 4.20. The Morgan fingerprint density at radius 1 is 1.08 bits per heavy atom. The number of amides is 1. The molecule has 0 radical (unpaired) electrons. The molecular weight excluding hydrogens is 356 g/mol. The Labute approximate surface area is 154 Å². The number of nitrogens with one attached hydrogen (secondary N) is 1. The number of anilines is 1. The van der Waals surface area contributed by atoms with Crippen molar-refractivity contribution in [2.45, 2.75) is 0 Å². The Balaban J connectivity index is 1.80. The molecule has 1 aromatic carbocycles. The molecule has 130 valence electrons. The van der Waals surface area contributed by atoms with Crippen molar-refractivity contribution in [1.29, 1.82) is 0 Å². The standard InChI is InChI=1S/C17H13ClN6O2/c1-26-16-8-11(22-17(25)15-10-20-6-7-21-15)2-3-14(16)24-23-13-4-5-19-9-12(13)18/h2-10H,1H3,(H,22,25)/b24-23-. The predicted molar refractivity (Wildman–Crippen MR) is 96.4 cm³/mol. The molecule has 0 aliphatic carbocycles. The smallest absolute Gasteiger partial charge is 0.275 e. The van der Waals surface area contributed by atoms with Crippen molar-refractivity contribution < 1.29 is 9.53 Å². The van der Waals surface area contributed by atoms with Crippen LogP contribution in [-0.2, 0) is 0 Å². The van der Waals surface area contributed by atoms with Crippen molar-refractivity contribution in [3.05, 3.63) is 66.0 Å². The summed E-state index contributed by atoms with van der Waals surface area (Å²) in [6.07, 6.45) is 7.38. The lowest BCUT2D eigenvalue weighted by molar-refractivity contribution is 0.102. The lowest BCUT2D eigenvalue weighted by Gasteiger charge is -2.08. The van der Waals surface area contributed by atoms with Crippen LogP contribution in [0, 0.1) is 0 Å². The minimum atomic E-state index is -0.377. The zero-order chi connectivity index (χ0) is 18.4. The van der Waals surface area contributed by atoms with E-state index in [1.165, 1.54) is 31.9 Å². The molecule has 2 aromatic heterocycles. The Morgan fingerprint density at radius 2 is 1.88 bits per heavy atom. The van der Waals surface area contributed by atoms with Crippen molar-refractivity contribution >= 4 is 34.6 Å². The van der Waals surface area contributed by atoms with Gasteiger partial charge in [0, 0.05) is 36.5 Å². The van der Waals surface area contributed by atoms with Crippen LogP contribution in [0.15, 0.2) is 65.5 Å². The zero-order valence-electron chi connectivity index (χ0n) is 13.6. The highest BCUT2D eigenvalue weighted by molar-refractivity contribution is 6.32. The first-order valence-electron chi connectivity index (χ1n) is 7.44. The molecule has 26 heavy (non-hydrogen) atoms. The molecule has 9 heteroatoms. The molecule has 3 rings (SSSR count). The number of rotatable bonds is 5. The Morgan fingerprint density at radius 3 is 2.62 bits per heavy atom. The molecule has 1 amide bonds. The summed E-state index contributed by atoms with van der Waals surface area (Å²) < 4.78 is 5.31. The highest BCUT2D eigenvalue weighted by Gasteiger charge is 2.10. The summed E-state index contributed by atoms with van der Waals surface area (Å²) in [4.78, 5) is 23.8. The van der Waals surface area contributed by atoms with E-state index in [9.17, 15) is 4.79 Å². The van der Waals surface area contributed by atoms with E-state index < -0.39 is 0 Å². The van der Waals surface area contributed by atoms with Gasteiger partial charge in [-0.1, -0.05) is 11.6 Å². The maximum Gasteiger partial charge on any atom is 0.275 e. The largest absolute Gasteiger partial charge is 0.494 e. The van der Waals surface area contributed by atoms with Gasteiger partial charge in [-0.2, -0.15) is 0 Å². The van der Waals surface area contributed by atoms with Crippen LogP contribution in [0.2, 0.25) is 5.02 Å². The molecule has 3 aromatic rings. The van der Waals surface area contributed by atoms with E-state index in [0.29, 0.717) is 27.8 Å². The van der Waals surface area contributed by atoms with E-state index in [1.807, 2.05) is 0 Å². The highest BCUT2D eigenvalue weighted by atomic mass is 35.5. The lowest BCUT2D eigenvalue weighted by atomic mass is 10.2. The number of methoxy groups -OCH3 is 1. The molecule has 0 spiro atoms. The summed E-state index contributed by atoms with van der Waals surface area (Å²) in [5, 5.41) is 11.3. The first kappa shape index (κ1) is 17.4. The van der Waals surface area contributed by atoms with E-state index >= 15 is 0 Å². The van der Waals surface area contributed by atoms with E-state index in [0.717, 1.165) is 0 Å². The third-order valence-electron chi connectivity index (χ3n) is 3.25. The van der Waals surface area contributed by atoms with Crippen LogP contribution in [0.1, 0.15) is 10.5 Å². The second kappa shape index (κ2) is 8.13. The summed E-state index contributed by atoms with van der Waals surface area (Å²) >= 11 is 6.00. The van der Waals surface area contributed by atoms with Gasteiger partial charge in [-0.05, 0) is 18.2 Å². The Hall–Kier alpha value is -3.39. The molecule has 0 bridgehead atoms. The van der Waals surface area contributed by atoms with Gasteiger partial charge < -0.3 is 10.1 Å². The molecule has 0 aliphatic rings. The van der Waals surface area contributed by atoms with E-state index in [4.69, 9.17) is 16.3 Å². The monoisotopic (exact) mass is 368 g/mol. The van der Waals surface area contributed by atoms with Gasteiger partial charge in [0.25, 0.3) is 5.91 Å². The first-order chi connectivity index (χ1) is 12.7. The van der Waals surface area contributed by atoms with Crippen LogP contribution in [0.4, 0.5) is 17.1 Å². The average molecular weight is 369 g/mol. The Kier molecular flexibility index (Phi) is 5.45. The van der Waals surface area contributed by atoms with E-state index in [1.54, 1.807) is 30.5 Å². The van der Waals surface area contributed by atoms with Gasteiger partial charge in [0.1, 0.15) is 22.8 Å². The second-order valence-corrected chi connectivity index (χ2v) is 5.37.